The molecule has 0 aliphatic carbocycles. The van der Waals surface area contributed by atoms with Crippen molar-refractivity contribution in [3.8, 4) is 5.75 Å². The number of ether oxygens (including phenoxy) is 2. The van der Waals surface area contributed by atoms with Crippen molar-refractivity contribution in [2.45, 2.75) is 17.9 Å². The Morgan fingerprint density at radius 3 is 2.48 bits per heavy atom. The zero-order valence-electron chi connectivity index (χ0n) is 11.6. The number of hydrogen-bond donors (Lipinski definition) is 1. The lowest BCUT2D eigenvalue weighted by atomic mass is 10.1. The molecule has 1 amide bonds. The van der Waals surface area contributed by atoms with E-state index in [1.807, 2.05) is 0 Å². The summed E-state index contributed by atoms with van der Waals surface area (Å²) in [4.78, 5) is 11.8. The third-order valence-corrected chi connectivity index (χ3v) is 4.07. The van der Waals surface area contributed by atoms with Crippen LogP contribution in [0.15, 0.2) is 17.0 Å². The molecule has 0 aliphatic rings. The van der Waals surface area contributed by atoms with Crippen LogP contribution in [0.2, 0.25) is 5.02 Å². The number of nitrogens with one attached hydrogen (secondary N) is 1. The Kier molecular flexibility index (Phi) is 6.27. The van der Waals surface area contributed by atoms with E-state index in [1.54, 1.807) is 6.92 Å². The van der Waals surface area contributed by atoms with Crippen molar-refractivity contribution < 1.29 is 22.7 Å². The largest absolute Gasteiger partial charge is 0.494 e. The molecule has 1 aromatic carbocycles. The Labute approximate surface area is 132 Å². The molecule has 1 unspecified atom stereocenters. The number of carbonyl (C=O) groups excluding carboxylic acids is 1. The van der Waals surface area contributed by atoms with Crippen LogP contribution in [0.1, 0.15) is 17.3 Å². The second-order valence-corrected chi connectivity index (χ2v) is 7.22. The quantitative estimate of drug-likeness (QED) is 0.789. The summed E-state index contributed by atoms with van der Waals surface area (Å²) in [5.74, 6) is -0.697. The van der Waals surface area contributed by atoms with Crippen molar-refractivity contribution in [3.05, 3.63) is 22.7 Å². The van der Waals surface area contributed by atoms with Crippen molar-refractivity contribution in [2.75, 3.05) is 20.8 Å². The molecule has 0 spiro atoms. The summed E-state index contributed by atoms with van der Waals surface area (Å²) >= 11 is 5.84. The van der Waals surface area contributed by atoms with Crippen LogP contribution in [0, 0.1) is 0 Å². The van der Waals surface area contributed by atoms with Crippen LogP contribution in [-0.4, -0.2) is 41.2 Å². The molecule has 6 nitrogen and oxygen atoms in total. The van der Waals surface area contributed by atoms with Crippen LogP contribution in [0.4, 0.5) is 0 Å². The number of rotatable bonds is 6. The highest BCUT2D eigenvalue weighted by Gasteiger charge is 2.25. The highest BCUT2D eigenvalue weighted by atomic mass is 35.7. The highest BCUT2D eigenvalue weighted by Crippen LogP contribution is 2.33. The molecule has 9 heteroatoms. The number of benzene rings is 1. The lowest BCUT2D eigenvalue weighted by Gasteiger charge is -2.16. The van der Waals surface area contributed by atoms with Gasteiger partial charge in [-0.3, -0.25) is 4.79 Å². The van der Waals surface area contributed by atoms with E-state index >= 15 is 0 Å². The fourth-order valence-corrected chi connectivity index (χ4v) is 3.03. The van der Waals surface area contributed by atoms with E-state index in [-0.39, 0.29) is 27.3 Å². The van der Waals surface area contributed by atoms with Crippen LogP contribution in [0.3, 0.4) is 0 Å². The average Bonchev–Trinajstić information content (AvgIpc) is 2.36. The standard InChI is InChI=1S/C12H15Cl2NO5S/c1-7(6-19-2)15-12(16)9-4-8(13)5-10(11(9)20-3)21(14,17)18/h4-5,7H,6H2,1-3H3,(H,15,16). The molecule has 118 valence electrons. The highest BCUT2D eigenvalue weighted by molar-refractivity contribution is 8.13. The summed E-state index contributed by atoms with van der Waals surface area (Å²) in [5, 5.41) is 2.69. The van der Waals surface area contributed by atoms with Crippen LogP contribution in [-0.2, 0) is 13.8 Å². The van der Waals surface area contributed by atoms with Gasteiger partial charge in [-0.25, -0.2) is 8.42 Å². The summed E-state index contributed by atoms with van der Waals surface area (Å²) in [5.41, 5.74) is -0.0211. The Balaban J connectivity index is 3.30. The van der Waals surface area contributed by atoms with Gasteiger partial charge >= 0.3 is 0 Å². The van der Waals surface area contributed by atoms with Gasteiger partial charge in [0.25, 0.3) is 15.0 Å². The van der Waals surface area contributed by atoms with Crippen LogP contribution in [0.25, 0.3) is 0 Å². The van der Waals surface area contributed by atoms with E-state index in [0.29, 0.717) is 6.61 Å². The molecule has 0 aliphatic heterocycles. The maximum absolute atomic E-state index is 12.2. The minimum Gasteiger partial charge on any atom is -0.494 e. The number of methoxy groups -OCH3 is 2. The lowest BCUT2D eigenvalue weighted by molar-refractivity contribution is 0.0902. The SMILES string of the molecule is COCC(C)NC(=O)c1cc(Cl)cc(S(=O)(=O)Cl)c1OC. The zero-order valence-corrected chi connectivity index (χ0v) is 14.0. The predicted octanol–water partition coefficient (Wildman–Crippen LogP) is 2.04. The third-order valence-electron chi connectivity index (χ3n) is 2.53. The molecule has 1 rings (SSSR count). The van der Waals surface area contributed by atoms with E-state index in [4.69, 9.17) is 31.8 Å². The van der Waals surface area contributed by atoms with Gasteiger partial charge in [0, 0.05) is 28.9 Å². The molecule has 0 heterocycles. The normalized spacial score (nSPS) is 12.8. The average molecular weight is 356 g/mol. The van der Waals surface area contributed by atoms with Crippen molar-refractivity contribution >= 4 is 37.2 Å². The second-order valence-electron chi connectivity index (χ2n) is 4.25. The molecule has 0 saturated carbocycles. The number of halogens is 2. The Bertz CT molecular complexity index is 633. The van der Waals surface area contributed by atoms with Gasteiger partial charge in [0.05, 0.1) is 19.3 Å². The van der Waals surface area contributed by atoms with E-state index in [0.717, 1.165) is 6.07 Å². The van der Waals surface area contributed by atoms with Gasteiger partial charge in [0.1, 0.15) is 4.90 Å². The summed E-state index contributed by atoms with van der Waals surface area (Å²) in [6, 6.07) is 2.15. The first-order chi connectivity index (χ1) is 9.70. The minimum atomic E-state index is -4.10. The molecule has 21 heavy (non-hydrogen) atoms. The van der Waals surface area contributed by atoms with Gasteiger partial charge in [-0.15, -0.1) is 0 Å². The molecule has 0 radical (unpaired) electrons. The number of carbonyl (C=O) groups is 1. The van der Waals surface area contributed by atoms with Gasteiger partial charge in [-0.05, 0) is 19.1 Å². The van der Waals surface area contributed by atoms with Crippen molar-refractivity contribution in [3.63, 3.8) is 0 Å². The summed E-state index contributed by atoms with van der Waals surface area (Å²) in [6.07, 6.45) is 0. The maximum atomic E-state index is 12.2. The fraction of sp³-hybridized carbons (Fsp3) is 0.417. The van der Waals surface area contributed by atoms with Gasteiger partial charge in [-0.1, -0.05) is 11.6 Å². The molecule has 0 fully saturated rings. The van der Waals surface area contributed by atoms with Crippen LogP contribution >= 0.6 is 22.3 Å². The van der Waals surface area contributed by atoms with Crippen molar-refractivity contribution in [1.82, 2.24) is 5.32 Å². The Morgan fingerprint density at radius 1 is 1.38 bits per heavy atom. The Morgan fingerprint density at radius 2 is 2.00 bits per heavy atom. The molecule has 0 saturated heterocycles. The Hall–Kier alpha value is -1.02. The maximum Gasteiger partial charge on any atom is 0.265 e. The van der Waals surface area contributed by atoms with E-state index in [9.17, 15) is 13.2 Å². The van der Waals surface area contributed by atoms with Crippen molar-refractivity contribution in [2.24, 2.45) is 0 Å². The molecular weight excluding hydrogens is 341 g/mol. The van der Waals surface area contributed by atoms with E-state index in [1.165, 1.54) is 20.3 Å². The number of hydrogen-bond acceptors (Lipinski definition) is 5. The van der Waals surface area contributed by atoms with Crippen molar-refractivity contribution in [1.29, 1.82) is 0 Å². The molecule has 1 N–H and O–H groups in total. The first-order valence-corrected chi connectivity index (χ1v) is 8.51. The summed E-state index contributed by atoms with van der Waals surface area (Å²) in [6.45, 7) is 2.03. The minimum absolute atomic E-state index is 0.0211. The fourth-order valence-electron chi connectivity index (χ4n) is 1.72. The lowest BCUT2D eigenvalue weighted by Crippen LogP contribution is -2.35. The van der Waals surface area contributed by atoms with Gasteiger partial charge in [-0.2, -0.15) is 0 Å². The van der Waals surface area contributed by atoms with E-state index < -0.39 is 15.0 Å². The molecule has 0 bridgehead atoms. The van der Waals surface area contributed by atoms with Gasteiger partial charge in [0.15, 0.2) is 5.75 Å². The first-order valence-electron chi connectivity index (χ1n) is 5.82. The monoisotopic (exact) mass is 355 g/mol. The van der Waals surface area contributed by atoms with Crippen LogP contribution in [0.5, 0.6) is 5.75 Å². The molecule has 0 aromatic heterocycles. The summed E-state index contributed by atoms with van der Waals surface area (Å²) in [7, 11) is 3.96. The zero-order chi connectivity index (χ0) is 16.2. The van der Waals surface area contributed by atoms with Gasteiger partial charge < -0.3 is 14.8 Å². The van der Waals surface area contributed by atoms with Gasteiger partial charge in [0.2, 0.25) is 0 Å². The first kappa shape index (κ1) is 18.0. The molecule has 1 aromatic rings. The summed E-state index contributed by atoms with van der Waals surface area (Å²) < 4.78 is 33.0. The van der Waals surface area contributed by atoms with Crippen LogP contribution < -0.4 is 10.1 Å². The smallest absolute Gasteiger partial charge is 0.265 e. The molecular formula is C12H15Cl2NO5S. The molecule has 1 atom stereocenters. The predicted molar refractivity (Wildman–Crippen MR) is 79.8 cm³/mol. The third kappa shape index (κ3) is 4.74. The number of amides is 1. The second kappa shape index (κ2) is 7.31. The topological polar surface area (TPSA) is 81.7 Å². The van der Waals surface area contributed by atoms with E-state index in [2.05, 4.69) is 5.32 Å².